The number of carbonyl (C=O) groups excluding carboxylic acids is 2. The van der Waals surface area contributed by atoms with Crippen molar-refractivity contribution in [3.8, 4) is 16.8 Å². The zero-order valence-corrected chi connectivity index (χ0v) is 20.7. The summed E-state index contributed by atoms with van der Waals surface area (Å²) in [5.41, 5.74) is 4.78. The first-order valence-corrected chi connectivity index (χ1v) is 12.5. The summed E-state index contributed by atoms with van der Waals surface area (Å²) >= 11 is 0. The van der Waals surface area contributed by atoms with Crippen LogP contribution in [0.3, 0.4) is 0 Å². The number of anilines is 1. The van der Waals surface area contributed by atoms with Crippen LogP contribution in [0.1, 0.15) is 43.4 Å². The second-order valence-corrected chi connectivity index (χ2v) is 9.22. The van der Waals surface area contributed by atoms with Crippen LogP contribution >= 0.6 is 0 Å². The third-order valence-corrected chi connectivity index (χ3v) is 6.42. The summed E-state index contributed by atoms with van der Waals surface area (Å²) < 4.78 is 1.79. The lowest BCUT2D eigenvalue weighted by atomic mass is 10.1. The Morgan fingerprint density at radius 3 is 2.31 bits per heavy atom. The molecule has 7 heteroatoms. The molecule has 2 heterocycles. The highest BCUT2D eigenvalue weighted by Crippen LogP contribution is 2.33. The molecule has 0 saturated carbocycles. The third kappa shape index (κ3) is 6.57. The van der Waals surface area contributed by atoms with Gasteiger partial charge in [0.2, 0.25) is 11.8 Å². The molecule has 0 bridgehead atoms. The molecular formula is C28H35N5O2. The highest BCUT2D eigenvalue weighted by molar-refractivity contribution is 5.95. The van der Waals surface area contributed by atoms with Crippen molar-refractivity contribution in [1.82, 2.24) is 20.0 Å². The maximum atomic E-state index is 12.9. The van der Waals surface area contributed by atoms with Crippen molar-refractivity contribution in [2.24, 2.45) is 0 Å². The number of hydrogen-bond acceptors (Lipinski definition) is 4. The first kappa shape index (κ1) is 24.7. The van der Waals surface area contributed by atoms with Crippen LogP contribution in [0.25, 0.3) is 16.8 Å². The SMILES string of the molecule is Cc1ccc(-n2nc(C)c(-c3ccccc3)c2NC(=O)CCCC(=O)NCCN2CCCC2)cc1. The van der Waals surface area contributed by atoms with Gasteiger partial charge in [-0.05, 0) is 63.9 Å². The largest absolute Gasteiger partial charge is 0.355 e. The summed E-state index contributed by atoms with van der Waals surface area (Å²) in [6.45, 7) is 7.81. The Bertz CT molecular complexity index is 1130. The van der Waals surface area contributed by atoms with Gasteiger partial charge in [-0.25, -0.2) is 4.68 Å². The zero-order chi connectivity index (χ0) is 24.6. The lowest BCUT2D eigenvalue weighted by Gasteiger charge is -2.14. The molecule has 1 aromatic heterocycles. The highest BCUT2D eigenvalue weighted by Gasteiger charge is 2.20. The molecule has 0 spiro atoms. The third-order valence-electron chi connectivity index (χ3n) is 6.42. The lowest BCUT2D eigenvalue weighted by molar-refractivity contribution is -0.121. The summed E-state index contributed by atoms with van der Waals surface area (Å²) in [6, 6.07) is 18.0. The van der Waals surface area contributed by atoms with Gasteiger partial charge in [0, 0.05) is 31.5 Å². The number of aryl methyl sites for hydroxylation is 2. The van der Waals surface area contributed by atoms with E-state index in [1.807, 2.05) is 68.4 Å². The van der Waals surface area contributed by atoms with Gasteiger partial charge in [-0.15, -0.1) is 0 Å². The Kier molecular flexibility index (Phi) is 8.32. The number of rotatable bonds is 10. The quantitative estimate of drug-likeness (QED) is 0.455. The van der Waals surface area contributed by atoms with Crippen LogP contribution in [-0.2, 0) is 9.59 Å². The molecule has 184 valence electrons. The van der Waals surface area contributed by atoms with Crippen molar-refractivity contribution in [1.29, 1.82) is 0 Å². The minimum atomic E-state index is -0.125. The van der Waals surface area contributed by atoms with E-state index < -0.39 is 0 Å². The second kappa shape index (κ2) is 11.8. The van der Waals surface area contributed by atoms with E-state index in [1.165, 1.54) is 12.8 Å². The smallest absolute Gasteiger partial charge is 0.225 e. The molecule has 0 radical (unpaired) electrons. The Morgan fingerprint density at radius 2 is 1.60 bits per heavy atom. The van der Waals surface area contributed by atoms with E-state index in [4.69, 9.17) is 5.10 Å². The van der Waals surface area contributed by atoms with Crippen LogP contribution in [0.4, 0.5) is 5.82 Å². The van der Waals surface area contributed by atoms with Gasteiger partial charge < -0.3 is 15.5 Å². The molecule has 7 nitrogen and oxygen atoms in total. The Morgan fingerprint density at radius 1 is 0.914 bits per heavy atom. The topological polar surface area (TPSA) is 79.3 Å². The van der Waals surface area contributed by atoms with Crippen molar-refractivity contribution in [3.63, 3.8) is 0 Å². The summed E-state index contributed by atoms with van der Waals surface area (Å²) in [4.78, 5) is 27.5. The van der Waals surface area contributed by atoms with Crippen molar-refractivity contribution < 1.29 is 9.59 Å². The first-order valence-electron chi connectivity index (χ1n) is 12.5. The van der Waals surface area contributed by atoms with Crippen molar-refractivity contribution >= 4 is 17.6 Å². The van der Waals surface area contributed by atoms with Crippen LogP contribution in [-0.4, -0.2) is 52.7 Å². The van der Waals surface area contributed by atoms with Gasteiger partial charge in [-0.3, -0.25) is 9.59 Å². The second-order valence-electron chi connectivity index (χ2n) is 9.22. The number of carbonyl (C=O) groups is 2. The molecule has 4 rings (SSSR count). The zero-order valence-electron chi connectivity index (χ0n) is 20.7. The number of nitrogens with zero attached hydrogens (tertiary/aromatic N) is 3. The van der Waals surface area contributed by atoms with E-state index in [0.717, 1.165) is 47.7 Å². The van der Waals surface area contributed by atoms with E-state index in [9.17, 15) is 9.59 Å². The van der Waals surface area contributed by atoms with Crippen molar-refractivity contribution in [2.45, 2.75) is 46.0 Å². The number of amides is 2. The number of benzene rings is 2. The van der Waals surface area contributed by atoms with Gasteiger partial charge in [-0.1, -0.05) is 48.0 Å². The van der Waals surface area contributed by atoms with E-state index in [2.05, 4.69) is 15.5 Å². The molecule has 2 aromatic carbocycles. The molecule has 1 fully saturated rings. The fourth-order valence-corrected chi connectivity index (χ4v) is 4.52. The van der Waals surface area contributed by atoms with Crippen LogP contribution in [0, 0.1) is 13.8 Å². The molecule has 0 unspecified atom stereocenters. The van der Waals surface area contributed by atoms with Gasteiger partial charge >= 0.3 is 0 Å². The molecule has 35 heavy (non-hydrogen) atoms. The summed E-state index contributed by atoms with van der Waals surface area (Å²) in [5.74, 6) is 0.528. The van der Waals surface area contributed by atoms with Gasteiger partial charge in [0.05, 0.1) is 11.4 Å². The summed E-state index contributed by atoms with van der Waals surface area (Å²) in [5, 5.41) is 10.8. The van der Waals surface area contributed by atoms with Crippen LogP contribution in [0.15, 0.2) is 54.6 Å². The molecule has 1 aliphatic rings. The maximum absolute atomic E-state index is 12.9. The minimum Gasteiger partial charge on any atom is -0.355 e. The van der Waals surface area contributed by atoms with E-state index in [1.54, 1.807) is 4.68 Å². The first-order chi connectivity index (χ1) is 17.0. The molecule has 0 atom stereocenters. The molecule has 3 aromatic rings. The van der Waals surface area contributed by atoms with E-state index in [0.29, 0.717) is 25.2 Å². The van der Waals surface area contributed by atoms with E-state index in [-0.39, 0.29) is 18.2 Å². The van der Waals surface area contributed by atoms with Crippen molar-refractivity contribution in [3.05, 3.63) is 65.9 Å². The summed E-state index contributed by atoms with van der Waals surface area (Å²) in [7, 11) is 0. The monoisotopic (exact) mass is 473 g/mol. The molecule has 2 amide bonds. The normalized spacial score (nSPS) is 13.7. The number of nitrogens with one attached hydrogen (secondary N) is 2. The fourth-order valence-electron chi connectivity index (χ4n) is 4.52. The fraction of sp³-hybridized carbons (Fsp3) is 0.393. The summed E-state index contributed by atoms with van der Waals surface area (Å²) in [6.07, 6.45) is 3.61. The van der Waals surface area contributed by atoms with Gasteiger partial charge in [-0.2, -0.15) is 5.10 Å². The standard InChI is InChI=1S/C28H35N5O2/c1-21-13-15-24(16-14-21)33-28(27(22(2)31-33)23-9-4-3-5-10-23)30-26(35)12-8-11-25(34)29-17-20-32-18-6-7-19-32/h3-5,9-10,13-16H,6-8,11-12,17-20H2,1-2H3,(H,29,34)(H,30,35). The highest BCUT2D eigenvalue weighted by atomic mass is 16.2. The van der Waals surface area contributed by atoms with Crippen LogP contribution in [0.5, 0.6) is 0 Å². The average molecular weight is 474 g/mol. The molecule has 0 aliphatic carbocycles. The number of likely N-dealkylation sites (tertiary alicyclic amines) is 1. The van der Waals surface area contributed by atoms with Gasteiger partial charge in [0.25, 0.3) is 0 Å². The predicted octanol–water partition coefficient (Wildman–Crippen LogP) is 4.48. The van der Waals surface area contributed by atoms with Crippen LogP contribution < -0.4 is 10.6 Å². The Labute approximate surface area is 207 Å². The maximum Gasteiger partial charge on any atom is 0.225 e. The Hall–Kier alpha value is -3.45. The predicted molar refractivity (Wildman–Crippen MR) is 140 cm³/mol. The Balaban J connectivity index is 1.40. The number of aromatic nitrogens is 2. The molecular weight excluding hydrogens is 438 g/mol. The average Bonchev–Trinajstić information content (AvgIpc) is 3.48. The van der Waals surface area contributed by atoms with Crippen molar-refractivity contribution in [2.75, 3.05) is 31.5 Å². The van der Waals surface area contributed by atoms with Crippen LogP contribution in [0.2, 0.25) is 0 Å². The molecule has 1 aliphatic heterocycles. The lowest BCUT2D eigenvalue weighted by Crippen LogP contribution is -2.33. The van der Waals surface area contributed by atoms with E-state index >= 15 is 0 Å². The van der Waals surface area contributed by atoms with Gasteiger partial charge in [0.15, 0.2) is 0 Å². The number of hydrogen-bond donors (Lipinski definition) is 2. The molecule has 1 saturated heterocycles. The molecule has 2 N–H and O–H groups in total. The van der Waals surface area contributed by atoms with Gasteiger partial charge in [0.1, 0.15) is 5.82 Å². The minimum absolute atomic E-state index is 0.00233.